The smallest absolute Gasteiger partial charge is 0.151 e. The molecule has 1 unspecified atom stereocenters. The number of fused-ring (bicyclic) bond motifs is 3. The third-order valence-electron chi connectivity index (χ3n) is 8.25. The highest BCUT2D eigenvalue weighted by atomic mass is 79.9. The molecule has 6 heteroatoms. The molecule has 0 spiro atoms. The molecule has 1 aromatic heterocycles. The Morgan fingerprint density at radius 2 is 1.77 bits per heavy atom. The summed E-state index contributed by atoms with van der Waals surface area (Å²) >= 11 is 3.74. The van der Waals surface area contributed by atoms with Crippen LogP contribution in [0.2, 0.25) is 0 Å². The Kier molecular flexibility index (Phi) is 10.8. The monoisotopic (exact) mass is 607 g/mol. The molecule has 0 bridgehead atoms. The molecule has 2 aliphatic rings. The second-order valence-corrected chi connectivity index (χ2v) is 13.0. The molecule has 1 aliphatic carbocycles. The van der Waals surface area contributed by atoms with Gasteiger partial charge < -0.3 is 19.7 Å². The third-order valence-corrected chi connectivity index (χ3v) is 8.74. The first-order valence-electron chi connectivity index (χ1n) is 15.4. The molecule has 3 aromatic rings. The van der Waals surface area contributed by atoms with Gasteiger partial charge in [0.05, 0.1) is 17.4 Å². The van der Waals surface area contributed by atoms with Gasteiger partial charge in [0.15, 0.2) is 5.49 Å². The number of hydrogen-bond acceptors (Lipinski definition) is 4. The van der Waals surface area contributed by atoms with Crippen LogP contribution in [0.15, 0.2) is 40.9 Å². The molecule has 1 fully saturated rings. The number of aromatic nitrogens is 1. The molecule has 1 aliphatic heterocycles. The molecular formula is C34H50BrN5. The molecule has 1 atom stereocenters. The zero-order chi connectivity index (χ0) is 28.8. The molecule has 0 saturated heterocycles. The molecule has 2 aromatic carbocycles. The highest BCUT2D eigenvalue weighted by molar-refractivity contribution is 9.10. The number of halogens is 1. The zero-order valence-electron chi connectivity index (χ0n) is 25.6. The highest BCUT2D eigenvalue weighted by Crippen LogP contribution is 2.41. The second kappa shape index (κ2) is 14.0. The summed E-state index contributed by atoms with van der Waals surface area (Å²) in [7, 11) is 4.29. The van der Waals surface area contributed by atoms with Crippen LogP contribution in [-0.4, -0.2) is 42.8 Å². The van der Waals surface area contributed by atoms with E-state index >= 15 is 0 Å². The van der Waals surface area contributed by atoms with Gasteiger partial charge in [-0.15, -0.1) is 0 Å². The van der Waals surface area contributed by atoms with Crippen molar-refractivity contribution in [2.75, 3.05) is 37.4 Å². The van der Waals surface area contributed by atoms with E-state index in [4.69, 9.17) is 0 Å². The second-order valence-electron chi connectivity index (χ2n) is 12.1. The van der Waals surface area contributed by atoms with E-state index in [0.717, 1.165) is 53.9 Å². The van der Waals surface area contributed by atoms with Crippen LogP contribution in [0.25, 0.3) is 10.9 Å². The SMILES string of the molecule is CC1CC1.CCCCC1Nc2c(c3cc(Br)ccc3n(Cc3ccc(C)cc3CC)c2=N)N1CCCCN(C)C. The van der Waals surface area contributed by atoms with Gasteiger partial charge in [-0.25, -0.2) is 0 Å². The van der Waals surface area contributed by atoms with Gasteiger partial charge >= 0.3 is 0 Å². The summed E-state index contributed by atoms with van der Waals surface area (Å²) in [5.41, 5.74) is 7.86. The van der Waals surface area contributed by atoms with E-state index in [1.807, 2.05) is 0 Å². The van der Waals surface area contributed by atoms with Gasteiger partial charge in [-0.05, 0) is 94.9 Å². The average Bonchev–Trinajstić information content (AvgIpc) is 3.63. The minimum Gasteiger partial charge on any atom is -0.360 e. The van der Waals surface area contributed by atoms with Crippen LogP contribution >= 0.6 is 15.9 Å². The first-order chi connectivity index (χ1) is 19.2. The van der Waals surface area contributed by atoms with Crippen molar-refractivity contribution in [1.29, 1.82) is 5.41 Å². The van der Waals surface area contributed by atoms with Gasteiger partial charge in [0.25, 0.3) is 0 Å². The van der Waals surface area contributed by atoms with Crippen molar-refractivity contribution in [3.05, 3.63) is 63.0 Å². The highest BCUT2D eigenvalue weighted by Gasteiger charge is 2.32. The number of aryl methyl sites for hydroxylation is 2. The minimum atomic E-state index is 0.243. The maximum absolute atomic E-state index is 9.36. The van der Waals surface area contributed by atoms with Crippen molar-refractivity contribution in [2.24, 2.45) is 5.92 Å². The fourth-order valence-electron chi connectivity index (χ4n) is 5.61. The Balaban J connectivity index is 0.000000848. The molecule has 2 heterocycles. The van der Waals surface area contributed by atoms with E-state index in [2.05, 4.69) is 114 Å². The first-order valence-corrected chi connectivity index (χ1v) is 16.2. The largest absolute Gasteiger partial charge is 0.360 e. The molecule has 0 amide bonds. The van der Waals surface area contributed by atoms with Crippen LogP contribution in [0.4, 0.5) is 11.4 Å². The van der Waals surface area contributed by atoms with Crippen molar-refractivity contribution in [3.8, 4) is 0 Å². The van der Waals surface area contributed by atoms with E-state index in [1.165, 1.54) is 59.9 Å². The lowest BCUT2D eigenvalue weighted by Gasteiger charge is -2.28. The van der Waals surface area contributed by atoms with Gasteiger partial charge in [0.1, 0.15) is 5.69 Å². The van der Waals surface area contributed by atoms with E-state index in [-0.39, 0.29) is 6.17 Å². The Morgan fingerprint density at radius 1 is 1.02 bits per heavy atom. The fraction of sp³-hybridized carbons (Fsp3) is 0.559. The van der Waals surface area contributed by atoms with Crippen molar-refractivity contribution in [1.82, 2.24) is 9.47 Å². The van der Waals surface area contributed by atoms with Gasteiger partial charge in [-0.1, -0.05) is 79.7 Å². The van der Waals surface area contributed by atoms with Crippen LogP contribution in [0.1, 0.15) is 82.4 Å². The summed E-state index contributed by atoms with van der Waals surface area (Å²) in [5.74, 6) is 1.08. The summed E-state index contributed by atoms with van der Waals surface area (Å²) in [4.78, 5) is 4.82. The summed E-state index contributed by atoms with van der Waals surface area (Å²) in [5, 5.41) is 14.4. The van der Waals surface area contributed by atoms with Gasteiger partial charge in [0.2, 0.25) is 0 Å². The number of rotatable bonds is 11. The number of benzene rings is 2. The predicted octanol–water partition coefficient (Wildman–Crippen LogP) is 8.31. The van der Waals surface area contributed by atoms with Crippen LogP contribution in [-0.2, 0) is 13.0 Å². The van der Waals surface area contributed by atoms with Gasteiger partial charge in [-0.3, -0.25) is 5.41 Å². The maximum Gasteiger partial charge on any atom is 0.151 e. The molecule has 2 N–H and O–H groups in total. The summed E-state index contributed by atoms with van der Waals surface area (Å²) < 4.78 is 3.28. The molecular weight excluding hydrogens is 558 g/mol. The van der Waals surface area contributed by atoms with E-state index < -0.39 is 0 Å². The molecule has 218 valence electrons. The lowest BCUT2D eigenvalue weighted by molar-refractivity contribution is 0.393. The molecule has 0 radical (unpaired) electrons. The number of nitrogens with zero attached hydrogens (tertiary/aromatic N) is 3. The van der Waals surface area contributed by atoms with Crippen LogP contribution in [0.5, 0.6) is 0 Å². The van der Waals surface area contributed by atoms with Crippen molar-refractivity contribution in [2.45, 2.75) is 91.8 Å². The number of anilines is 2. The van der Waals surface area contributed by atoms with Gasteiger partial charge in [0, 0.05) is 22.9 Å². The molecule has 5 nitrogen and oxygen atoms in total. The Bertz CT molecular complexity index is 1340. The summed E-state index contributed by atoms with van der Waals surface area (Å²) in [6, 6.07) is 13.3. The standard InChI is InChI=1S/C30H42BrN5.C4H8/c1-6-8-11-27-33-28-29(35(27)17-10-9-16-34(4)5)25-19-24(31)14-15-26(25)36(30(28)32)20-23-13-12-21(3)18-22(23)7-2;1-4-2-3-4/h12-15,18-19,27,32-33H,6-11,16-17,20H2,1-5H3;4H,2-3H2,1H3. The average molecular weight is 609 g/mol. The van der Waals surface area contributed by atoms with Crippen LogP contribution in [0, 0.1) is 18.3 Å². The Labute approximate surface area is 250 Å². The fourth-order valence-corrected chi connectivity index (χ4v) is 5.97. The minimum absolute atomic E-state index is 0.243. The van der Waals surface area contributed by atoms with Crippen molar-refractivity contribution >= 4 is 38.2 Å². The number of nitrogens with one attached hydrogen (secondary N) is 2. The van der Waals surface area contributed by atoms with E-state index in [0.29, 0.717) is 12.0 Å². The normalized spacial score (nSPS) is 16.2. The topological polar surface area (TPSA) is 47.3 Å². The lowest BCUT2D eigenvalue weighted by Crippen LogP contribution is -2.36. The van der Waals surface area contributed by atoms with E-state index in [1.54, 1.807) is 0 Å². The maximum atomic E-state index is 9.36. The first kappa shape index (κ1) is 30.6. The zero-order valence-corrected chi connectivity index (χ0v) is 27.2. The predicted molar refractivity (Wildman–Crippen MR) is 176 cm³/mol. The number of pyridine rings is 1. The number of unbranched alkanes of at least 4 members (excludes halogenated alkanes) is 2. The van der Waals surface area contributed by atoms with Crippen LogP contribution < -0.4 is 15.7 Å². The Hall–Kier alpha value is -2.31. The van der Waals surface area contributed by atoms with E-state index in [9.17, 15) is 5.41 Å². The van der Waals surface area contributed by atoms with Gasteiger partial charge in [-0.2, -0.15) is 0 Å². The van der Waals surface area contributed by atoms with Crippen LogP contribution in [0.3, 0.4) is 0 Å². The van der Waals surface area contributed by atoms with Crippen molar-refractivity contribution < 1.29 is 0 Å². The summed E-state index contributed by atoms with van der Waals surface area (Å²) in [6.07, 6.45) is 9.97. The Morgan fingerprint density at radius 3 is 2.42 bits per heavy atom. The number of hydrogen-bond donors (Lipinski definition) is 2. The lowest BCUT2D eigenvalue weighted by atomic mass is 10.0. The quantitative estimate of drug-likeness (QED) is 0.215. The molecule has 5 rings (SSSR count). The molecule has 1 saturated carbocycles. The summed E-state index contributed by atoms with van der Waals surface area (Å²) in [6.45, 7) is 11.7. The van der Waals surface area contributed by atoms with Crippen molar-refractivity contribution in [3.63, 3.8) is 0 Å². The third kappa shape index (κ3) is 7.50. The molecule has 40 heavy (non-hydrogen) atoms.